The normalized spacial score (nSPS) is 12.1. The monoisotopic (exact) mass is 135 g/mol. The number of hydrogen-bond donors (Lipinski definition) is 1. The van der Waals surface area contributed by atoms with Crippen molar-refractivity contribution in [2.24, 2.45) is 0 Å². The molecule has 52 valence electrons. The van der Waals surface area contributed by atoms with Crippen molar-refractivity contribution in [1.82, 2.24) is 0 Å². The first-order valence-electron chi connectivity index (χ1n) is 2.07. The van der Waals surface area contributed by atoms with Crippen molar-refractivity contribution < 1.29 is 19.6 Å². The van der Waals surface area contributed by atoms with Crippen molar-refractivity contribution in [2.75, 3.05) is 0 Å². The average Bonchev–Trinajstić information content (AvgIpc) is 1.63. The lowest BCUT2D eigenvalue weighted by molar-refractivity contribution is -0.562. The van der Waals surface area contributed by atoms with Gasteiger partial charge in [-0.25, -0.2) is 4.79 Å². The Hall–Kier alpha value is -1.33. The van der Waals surface area contributed by atoms with Crippen molar-refractivity contribution in [3.8, 4) is 0 Å². The van der Waals surface area contributed by atoms with Gasteiger partial charge in [-0.1, -0.05) is 0 Å². The molecule has 0 aromatic heterocycles. The first kappa shape index (κ1) is 7.67. The zero-order valence-electron chi connectivity index (χ0n) is 4.60. The summed E-state index contributed by atoms with van der Waals surface area (Å²) >= 11 is 0. The predicted octanol–water partition coefficient (Wildman–Crippen LogP) is 0.304. The third-order valence-corrected chi connectivity index (χ3v) is 0.568. The number of hydrogen-bond acceptors (Lipinski definition) is 4. The van der Waals surface area contributed by atoms with Crippen molar-refractivity contribution in [2.45, 2.75) is 13.2 Å². The zero-order chi connectivity index (χ0) is 7.44. The third kappa shape index (κ3) is 3.27. The average molecular weight is 135 g/mol. The van der Waals surface area contributed by atoms with E-state index in [0.717, 1.165) is 6.92 Å². The number of carbonyl (C=O) groups is 1. The van der Waals surface area contributed by atoms with E-state index in [1.165, 1.54) is 0 Å². The fourth-order valence-electron chi connectivity index (χ4n) is 0.189. The van der Waals surface area contributed by atoms with E-state index < -0.39 is 17.3 Å². The molecule has 0 aromatic rings. The predicted molar refractivity (Wildman–Crippen MR) is 25.6 cm³/mol. The Kier molecular flexibility index (Phi) is 2.43. The maximum Gasteiger partial charge on any atom is 0.510 e. The van der Waals surface area contributed by atoms with Gasteiger partial charge >= 0.3 is 12.4 Å². The SMILES string of the molecule is CC(OC(=O)O)[N+](=O)[O-]. The summed E-state index contributed by atoms with van der Waals surface area (Å²) in [4.78, 5) is 18.4. The smallest absolute Gasteiger partial charge is 0.450 e. The van der Waals surface area contributed by atoms with E-state index in [9.17, 15) is 14.9 Å². The van der Waals surface area contributed by atoms with Gasteiger partial charge in [0.1, 0.15) is 0 Å². The fourth-order valence-corrected chi connectivity index (χ4v) is 0.189. The minimum absolute atomic E-state index is 0.839. The molecule has 0 rings (SSSR count). The quantitative estimate of drug-likeness (QED) is 0.254. The van der Waals surface area contributed by atoms with Crippen LogP contribution in [0.5, 0.6) is 0 Å². The summed E-state index contributed by atoms with van der Waals surface area (Å²) in [6, 6.07) is 0. The minimum Gasteiger partial charge on any atom is -0.450 e. The minimum atomic E-state index is -1.64. The lowest BCUT2D eigenvalue weighted by Gasteiger charge is -1.99. The van der Waals surface area contributed by atoms with Crippen LogP contribution in [0, 0.1) is 10.1 Å². The molecule has 0 bridgehead atoms. The summed E-state index contributed by atoms with van der Waals surface area (Å²) in [7, 11) is 0. The van der Waals surface area contributed by atoms with Gasteiger partial charge in [0.15, 0.2) is 0 Å². The topological polar surface area (TPSA) is 89.7 Å². The molecular weight excluding hydrogens is 130 g/mol. The van der Waals surface area contributed by atoms with Crippen LogP contribution in [0.4, 0.5) is 4.79 Å². The van der Waals surface area contributed by atoms with Gasteiger partial charge < -0.3 is 9.84 Å². The van der Waals surface area contributed by atoms with E-state index in [0.29, 0.717) is 0 Å². The Morgan fingerprint density at radius 3 is 2.44 bits per heavy atom. The maximum absolute atomic E-state index is 9.65. The van der Waals surface area contributed by atoms with Gasteiger partial charge in [0.25, 0.3) is 0 Å². The van der Waals surface area contributed by atoms with Gasteiger partial charge in [-0.2, -0.15) is 0 Å². The molecule has 0 aliphatic carbocycles. The summed E-state index contributed by atoms with van der Waals surface area (Å²) in [5.74, 6) is 0. The Bertz CT molecular complexity index is 132. The van der Waals surface area contributed by atoms with Gasteiger partial charge in [-0.15, -0.1) is 0 Å². The molecule has 6 nitrogen and oxygen atoms in total. The molecule has 0 saturated carbocycles. The summed E-state index contributed by atoms with van der Waals surface area (Å²) in [5, 5.41) is 17.5. The third-order valence-electron chi connectivity index (χ3n) is 0.568. The van der Waals surface area contributed by atoms with Gasteiger partial charge in [-0.3, -0.25) is 10.1 Å². The van der Waals surface area contributed by atoms with E-state index >= 15 is 0 Å². The summed E-state index contributed by atoms with van der Waals surface area (Å²) in [5.41, 5.74) is 0. The van der Waals surface area contributed by atoms with E-state index in [-0.39, 0.29) is 0 Å². The molecule has 0 spiro atoms. The molecule has 9 heavy (non-hydrogen) atoms. The zero-order valence-corrected chi connectivity index (χ0v) is 4.60. The molecule has 0 heterocycles. The molecule has 0 aliphatic rings. The maximum atomic E-state index is 9.65. The van der Waals surface area contributed by atoms with Gasteiger partial charge in [0, 0.05) is 6.92 Å². The number of nitrogens with zero attached hydrogens (tertiary/aromatic N) is 1. The molecular formula is C3H5NO5. The summed E-state index contributed by atoms with van der Waals surface area (Å²) in [6.07, 6.45) is -3.12. The first-order valence-corrected chi connectivity index (χ1v) is 2.07. The first-order chi connectivity index (χ1) is 4.04. The Morgan fingerprint density at radius 2 is 2.33 bits per heavy atom. The highest BCUT2D eigenvalue weighted by molar-refractivity contribution is 5.56. The van der Waals surface area contributed by atoms with Crippen LogP contribution in [-0.2, 0) is 4.74 Å². The molecule has 0 aliphatic heterocycles. The lowest BCUT2D eigenvalue weighted by Crippen LogP contribution is -2.21. The van der Waals surface area contributed by atoms with Crippen molar-refractivity contribution in [3.63, 3.8) is 0 Å². The van der Waals surface area contributed by atoms with E-state index in [1.807, 2.05) is 0 Å². The Labute approximate surface area is 50.2 Å². The van der Waals surface area contributed by atoms with Crippen LogP contribution < -0.4 is 0 Å². The summed E-state index contributed by atoms with van der Waals surface area (Å²) < 4.78 is 3.73. The van der Waals surface area contributed by atoms with Crippen LogP contribution in [0.1, 0.15) is 6.92 Å². The lowest BCUT2D eigenvalue weighted by atomic mass is 10.7. The molecule has 6 heteroatoms. The Balaban J connectivity index is 3.63. The van der Waals surface area contributed by atoms with Crippen molar-refractivity contribution in [1.29, 1.82) is 0 Å². The van der Waals surface area contributed by atoms with E-state index in [4.69, 9.17) is 5.11 Å². The second-order valence-electron chi connectivity index (χ2n) is 1.27. The highest BCUT2D eigenvalue weighted by atomic mass is 16.7. The van der Waals surface area contributed by atoms with Gasteiger partial charge in [-0.05, 0) is 0 Å². The molecule has 0 fully saturated rings. The molecule has 1 N–H and O–H groups in total. The standard InChI is InChI=1S/C3H5NO5/c1-2(4(7)8)9-3(5)6/h2H,1H3,(H,5,6). The van der Waals surface area contributed by atoms with E-state index in [1.54, 1.807) is 0 Å². The number of nitro groups is 1. The van der Waals surface area contributed by atoms with Crippen LogP contribution in [0.15, 0.2) is 0 Å². The molecule has 0 amide bonds. The molecule has 0 aromatic carbocycles. The number of carboxylic acid groups (broad SMARTS) is 1. The second kappa shape index (κ2) is 2.85. The van der Waals surface area contributed by atoms with Gasteiger partial charge in [0.2, 0.25) is 0 Å². The molecule has 1 unspecified atom stereocenters. The van der Waals surface area contributed by atoms with Crippen molar-refractivity contribution >= 4 is 6.16 Å². The van der Waals surface area contributed by atoms with Gasteiger partial charge in [0.05, 0.1) is 4.92 Å². The molecule has 0 saturated heterocycles. The van der Waals surface area contributed by atoms with E-state index in [2.05, 4.69) is 4.74 Å². The highest BCUT2D eigenvalue weighted by Crippen LogP contribution is 1.89. The largest absolute Gasteiger partial charge is 0.510 e. The van der Waals surface area contributed by atoms with Crippen LogP contribution in [0.3, 0.4) is 0 Å². The molecule has 1 atom stereocenters. The summed E-state index contributed by atoms with van der Waals surface area (Å²) in [6.45, 7) is 1.04. The van der Waals surface area contributed by atoms with Crippen LogP contribution in [0.25, 0.3) is 0 Å². The number of ether oxygens (including phenoxy) is 1. The fraction of sp³-hybridized carbons (Fsp3) is 0.667. The van der Waals surface area contributed by atoms with Crippen LogP contribution >= 0.6 is 0 Å². The second-order valence-corrected chi connectivity index (χ2v) is 1.27. The highest BCUT2D eigenvalue weighted by Gasteiger charge is 2.16. The molecule has 0 radical (unpaired) electrons. The van der Waals surface area contributed by atoms with Crippen LogP contribution in [-0.4, -0.2) is 22.4 Å². The van der Waals surface area contributed by atoms with Crippen molar-refractivity contribution in [3.05, 3.63) is 10.1 Å². The Morgan fingerprint density at radius 1 is 1.89 bits per heavy atom. The van der Waals surface area contributed by atoms with Crippen LogP contribution in [0.2, 0.25) is 0 Å². The number of rotatable bonds is 2.